The molecule has 0 aliphatic carbocycles. The van der Waals surface area contributed by atoms with Gasteiger partial charge in [-0.1, -0.05) is 85.8 Å². The molecule has 8 rings (SSSR count). The van der Waals surface area contributed by atoms with Crippen LogP contribution in [0.25, 0.3) is 33.6 Å². The van der Waals surface area contributed by atoms with Crippen molar-refractivity contribution in [2.24, 2.45) is 5.92 Å². The first kappa shape index (κ1) is 40.0. The number of aromatic amines is 2. The third kappa shape index (κ3) is 8.53. The van der Waals surface area contributed by atoms with Gasteiger partial charge >= 0.3 is 6.09 Å². The van der Waals surface area contributed by atoms with Crippen LogP contribution in [-0.4, -0.2) is 106 Å². The standard InChI is InChI=1S/C46H54N8O5/c1-4-52(2)41(35-10-6-5-7-11-35)45(56)54-25-9-13-39(54)43-48-29-37(50-43)33-20-16-31(17-21-33)30-14-18-32(19-15-30)36-28-47-42(49-36)38-12-8-24-53(38)44(55)40(51-46(57)58-3)34-22-26-59-27-23-34/h5-7,10-11,14-21,28-29,34,38-41H,4,8-9,12-13,22-27H2,1-3H3,(H,47,49)(H,48,50)(H,51,57)/t38-,39-,40-,41+/m0/s1. The Morgan fingerprint density at radius 1 is 0.763 bits per heavy atom. The Balaban J connectivity index is 0.922. The largest absolute Gasteiger partial charge is 0.453 e. The zero-order valence-corrected chi connectivity index (χ0v) is 34.1. The predicted molar refractivity (Wildman–Crippen MR) is 225 cm³/mol. The number of benzene rings is 3. The van der Waals surface area contributed by atoms with Crippen molar-refractivity contribution >= 4 is 17.9 Å². The van der Waals surface area contributed by atoms with Gasteiger partial charge in [-0.25, -0.2) is 14.8 Å². The van der Waals surface area contributed by atoms with Crippen molar-refractivity contribution in [1.82, 2.24) is 40.0 Å². The van der Waals surface area contributed by atoms with Gasteiger partial charge in [0.15, 0.2) is 0 Å². The quantitative estimate of drug-likeness (QED) is 0.119. The molecule has 3 aromatic carbocycles. The van der Waals surface area contributed by atoms with Gasteiger partial charge in [0.1, 0.15) is 23.7 Å². The van der Waals surface area contributed by atoms with E-state index >= 15 is 0 Å². The minimum atomic E-state index is -0.675. The number of nitrogens with one attached hydrogen (secondary N) is 3. The van der Waals surface area contributed by atoms with E-state index < -0.39 is 12.1 Å². The number of carbonyl (C=O) groups is 3. The van der Waals surface area contributed by atoms with E-state index in [0.717, 1.165) is 83.1 Å². The summed E-state index contributed by atoms with van der Waals surface area (Å²) >= 11 is 0. The molecule has 3 aliphatic heterocycles. The summed E-state index contributed by atoms with van der Waals surface area (Å²) in [6.45, 7) is 5.29. The van der Waals surface area contributed by atoms with Gasteiger partial charge in [0, 0.05) is 26.3 Å². The fourth-order valence-electron chi connectivity index (χ4n) is 8.97. The number of nitrogens with zero attached hydrogens (tertiary/aromatic N) is 5. The second-order valence-corrected chi connectivity index (χ2v) is 15.8. The molecule has 0 saturated carbocycles. The smallest absolute Gasteiger partial charge is 0.407 e. The maximum absolute atomic E-state index is 14.1. The van der Waals surface area contributed by atoms with E-state index in [2.05, 4.69) is 75.6 Å². The number of alkyl carbamates (subject to hydrolysis) is 1. The van der Waals surface area contributed by atoms with Crippen LogP contribution in [0.5, 0.6) is 0 Å². The molecule has 59 heavy (non-hydrogen) atoms. The van der Waals surface area contributed by atoms with Gasteiger partial charge in [0.2, 0.25) is 11.8 Å². The molecule has 3 N–H and O–H groups in total. The zero-order chi connectivity index (χ0) is 40.9. The van der Waals surface area contributed by atoms with Crippen molar-refractivity contribution in [3.05, 3.63) is 108 Å². The number of H-pyrrole nitrogens is 2. The number of imidazole rings is 2. The molecule has 5 heterocycles. The van der Waals surface area contributed by atoms with Crippen molar-refractivity contribution in [2.45, 2.75) is 69.6 Å². The molecule has 2 aromatic heterocycles. The van der Waals surface area contributed by atoms with Crippen molar-refractivity contribution in [2.75, 3.05) is 47.0 Å². The van der Waals surface area contributed by atoms with Gasteiger partial charge in [0.05, 0.1) is 43.0 Å². The molecule has 3 amide bonds. The van der Waals surface area contributed by atoms with Crippen LogP contribution in [0.2, 0.25) is 0 Å². The first-order chi connectivity index (χ1) is 28.8. The average Bonchev–Trinajstić information content (AvgIpc) is 4.13. The minimum Gasteiger partial charge on any atom is -0.453 e. The van der Waals surface area contributed by atoms with Gasteiger partial charge in [-0.05, 0) is 85.9 Å². The van der Waals surface area contributed by atoms with Crippen LogP contribution in [0.4, 0.5) is 4.79 Å². The third-order valence-corrected chi connectivity index (χ3v) is 12.4. The second kappa shape index (κ2) is 18.0. The average molecular weight is 799 g/mol. The monoisotopic (exact) mass is 798 g/mol. The highest BCUT2D eigenvalue weighted by atomic mass is 16.5. The Morgan fingerprint density at radius 3 is 1.78 bits per heavy atom. The van der Waals surface area contributed by atoms with E-state index in [1.54, 1.807) is 0 Å². The maximum atomic E-state index is 14.1. The van der Waals surface area contributed by atoms with E-state index in [1.165, 1.54) is 7.11 Å². The van der Waals surface area contributed by atoms with Crippen molar-refractivity contribution < 1.29 is 23.9 Å². The highest BCUT2D eigenvalue weighted by Gasteiger charge is 2.40. The zero-order valence-electron chi connectivity index (χ0n) is 34.1. The lowest BCUT2D eigenvalue weighted by atomic mass is 9.90. The SMILES string of the molecule is CCN(C)[C@@H](C(=O)N1CCC[C@H]1c1ncc(-c2ccc(-c3ccc(-c4cnc([C@@H]5CCCN5C(=O)[C@@H](NC(=O)OC)C5CCOCC5)[nH]4)cc3)cc2)[nH]1)c1ccccc1. The summed E-state index contributed by atoms with van der Waals surface area (Å²) in [5.74, 6) is 1.55. The van der Waals surface area contributed by atoms with Gasteiger partial charge in [-0.15, -0.1) is 0 Å². The molecule has 13 heteroatoms. The number of ether oxygens (including phenoxy) is 2. The fraction of sp³-hybridized carbons (Fsp3) is 0.413. The van der Waals surface area contributed by atoms with Crippen LogP contribution in [0.3, 0.4) is 0 Å². The van der Waals surface area contributed by atoms with E-state index in [0.29, 0.717) is 39.1 Å². The molecule has 13 nitrogen and oxygen atoms in total. The summed E-state index contributed by atoms with van der Waals surface area (Å²) in [5.41, 5.74) is 6.99. The summed E-state index contributed by atoms with van der Waals surface area (Å²) in [6.07, 6.45) is 7.95. The molecule has 5 aromatic rings. The number of aromatic nitrogens is 4. The van der Waals surface area contributed by atoms with Crippen LogP contribution in [0.1, 0.15) is 80.8 Å². The number of likely N-dealkylation sites (tertiary alicyclic amines) is 2. The van der Waals surface area contributed by atoms with Crippen molar-refractivity contribution in [1.29, 1.82) is 0 Å². The number of likely N-dealkylation sites (N-methyl/N-ethyl adjacent to an activating group) is 1. The first-order valence-electron chi connectivity index (χ1n) is 20.9. The Kier molecular flexibility index (Phi) is 12.2. The van der Waals surface area contributed by atoms with Crippen LogP contribution < -0.4 is 5.32 Å². The maximum Gasteiger partial charge on any atom is 0.407 e. The first-order valence-corrected chi connectivity index (χ1v) is 20.9. The number of carbonyl (C=O) groups excluding carboxylic acids is 3. The highest BCUT2D eigenvalue weighted by molar-refractivity contribution is 5.87. The van der Waals surface area contributed by atoms with E-state index in [4.69, 9.17) is 19.4 Å². The third-order valence-electron chi connectivity index (χ3n) is 12.4. The molecule has 0 unspecified atom stereocenters. The van der Waals surface area contributed by atoms with Crippen molar-refractivity contribution in [3.8, 4) is 33.6 Å². The molecular weight excluding hydrogens is 745 g/mol. The number of methoxy groups -OCH3 is 1. The van der Waals surface area contributed by atoms with Crippen LogP contribution in [0, 0.1) is 5.92 Å². The van der Waals surface area contributed by atoms with Gasteiger partial charge in [-0.3, -0.25) is 14.5 Å². The number of rotatable bonds is 12. The second-order valence-electron chi connectivity index (χ2n) is 15.8. The Hall–Kier alpha value is -5.79. The predicted octanol–water partition coefficient (Wildman–Crippen LogP) is 7.31. The van der Waals surface area contributed by atoms with Crippen molar-refractivity contribution in [3.63, 3.8) is 0 Å². The van der Waals surface area contributed by atoms with Gasteiger partial charge in [-0.2, -0.15) is 0 Å². The van der Waals surface area contributed by atoms with Gasteiger partial charge < -0.3 is 34.6 Å². The van der Waals surface area contributed by atoms with Gasteiger partial charge in [0.25, 0.3) is 0 Å². The highest BCUT2D eigenvalue weighted by Crippen LogP contribution is 2.37. The molecule has 0 bridgehead atoms. The molecule has 308 valence electrons. The summed E-state index contributed by atoms with van der Waals surface area (Å²) in [6, 6.07) is 25.5. The molecule has 0 spiro atoms. The number of hydrogen-bond acceptors (Lipinski definition) is 8. The summed E-state index contributed by atoms with van der Waals surface area (Å²) in [5, 5.41) is 2.82. The molecule has 0 radical (unpaired) electrons. The Morgan fingerprint density at radius 2 is 1.27 bits per heavy atom. The Bertz CT molecular complexity index is 2200. The molecule has 4 atom stereocenters. The molecular formula is C46H54N8O5. The topological polar surface area (TPSA) is 149 Å². The molecule has 3 saturated heterocycles. The summed E-state index contributed by atoms with van der Waals surface area (Å²) in [7, 11) is 3.32. The van der Waals surface area contributed by atoms with E-state index in [9.17, 15) is 14.4 Å². The van der Waals surface area contributed by atoms with Crippen LogP contribution in [-0.2, 0) is 19.1 Å². The number of amides is 3. The number of hydrogen-bond donors (Lipinski definition) is 3. The van der Waals surface area contributed by atoms with Crippen LogP contribution in [0.15, 0.2) is 91.3 Å². The molecule has 3 aliphatic rings. The lowest BCUT2D eigenvalue weighted by Gasteiger charge is -2.34. The normalized spacial score (nSPS) is 19.5. The van der Waals surface area contributed by atoms with Crippen LogP contribution >= 0.6 is 0 Å². The van der Waals surface area contributed by atoms with E-state index in [1.807, 2.05) is 59.6 Å². The summed E-state index contributed by atoms with van der Waals surface area (Å²) < 4.78 is 10.4. The lowest BCUT2D eigenvalue weighted by Crippen LogP contribution is -2.53. The minimum absolute atomic E-state index is 0.0185. The summed E-state index contributed by atoms with van der Waals surface area (Å²) in [4.78, 5) is 62.8. The Labute approximate surface area is 345 Å². The lowest BCUT2D eigenvalue weighted by molar-refractivity contribution is -0.138. The van der Waals surface area contributed by atoms with E-state index in [-0.39, 0.29) is 35.9 Å². The molecule has 3 fully saturated rings. The fourth-order valence-corrected chi connectivity index (χ4v) is 8.97.